The van der Waals surface area contributed by atoms with E-state index in [4.69, 9.17) is 14.5 Å². The van der Waals surface area contributed by atoms with Crippen LogP contribution in [0.2, 0.25) is 0 Å². The Labute approximate surface area is 110 Å². The van der Waals surface area contributed by atoms with Crippen molar-refractivity contribution in [2.45, 2.75) is 19.3 Å². The molecule has 0 bridgehead atoms. The maximum Gasteiger partial charge on any atom is 0.231 e. The van der Waals surface area contributed by atoms with Gasteiger partial charge in [0.15, 0.2) is 0 Å². The van der Waals surface area contributed by atoms with Gasteiger partial charge in [0.2, 0.25) is 11.7 Å². The van der Waals surface area contributed by atoms with Gasteiger partial charge in [-0.15, -0.1) is 0 Å². The summed E-state index contributed by atoms with van der Waals surface area (Å²) in [5, 5.41) is 12.8. The molecule has 2 aromatic rings. The molecular formula is C14H13N3O2. The molecule has 1 aromatic heterocycles. The van der Waals surface area contributed by atoms with Gasteiger partial charge >= 0.3 is 0 Å². The Morgan fingerprint density at radius 1 is 1.47 bits per heavy atom. The summed E-state index contributed by atoms with van der Waals surface area (Å²) >= 11 is 0. The average Bonchev–Trinajstić information content (AvgIpc) is 3.07. The number of methoxy groups -OCH3 is 1. The Bertz CT molecular complexity index is 657. The predicted molar refractivity (Wildman–Crippen MR) is 67.5 cm³/mol. The van der Waals surface area contributed by atoms with Crippen molar-refractivity contribution in [3.05, 3.63) is 29.7 Å². The number of nitrogens with zero attached hydrogens (tertiary/aromatic N) is 3. The van der Waals surface area contributed by atoms with Crippen molar-refractivity contribution in [2.24, 2.45) is 5.92 Å². The molecule has 5 heteroatoms. The first-order valence-corrected chi connectivity index (χ1v) is 6.11. The molecule has 0 radical (unpaired) electrons. The highest BCUT2D eigenvalue weighted by Crippen LogP contribution is 2.46. The van der Waals surface area contributed by atoms with E-state index >= 15 is 0 Å². The van der Waals surface area contributed by atoms with Crippen LogP contribution in [0.1, 0.15) is 23.8 Å². The normalized spacial score (nSPS) is 20.9. The van der Waals surface area contributed by atoms with Gasteiger partial charge in [0.25, 0.3) is 0 Å². The summed E-state index contributed by atoms with van der Waals surface area (Å²) in [6.45, 7) is 2.00. The first-order valence-electron chi connectivity index (χ1n) is 6.11. The lowest BCUT2D eigenvalue weighted by Gasteiger charge is -2.05. The summed E-state index contributed by atoms with van der Waals surface area (Å²) in [5.41, 5.74) is 1.91. The molecule has 0 saturated heterocycles. The van der Waals surface area contributed by atoms with E-state index in [9.17, 15) is 0 Å². The Hall–Kier alpha value is -2.35. The Balaban J connectivity index is 1.93. The van der Waals surface area contributed by atoms with Gasteiger partial charge in [-0.25, -0.2) is 0 Å². The molecule has 5 nitrogen and oxygen atoms in total. The number of nitriles is 1. The number of ether oxygens (including phenoxy) is 1. The topological polar surface area (TPSA) is 71.9 Å². The molecule has 2 unspecified atom stereocenters. The van der Waals surface area contributed by atoms with Crippen LogP contribution in [0.5, 0.6) is 5.75 Å². The fourth-order valence-electron chi connectivity index (χ4n) is 2.09. The molecule has 0 aliphatic heterocycles. The summed E-state index contributed by atoms with van der Waals surface area (Å²) in [6.07, 6.45) is 0.809. The van der Waals surface area contributed by atoms with Gasteiger partial charge in [0, 0.05) is 0 Å². The fraction of sp³-hybridized carbons (Fsp3) is 0.357. The molecule has 0 N–H and O–H groups in total. The van der Waals surface area contributed by atoms with E-state index in [1.54, 1.807) is 7.11 Å². The van der Waals surface area contributed by atoms with Gasteiger partial charge in [-0.2, -0.15) is 10.2 Å². The molecule has 0 amide bonds. The maximum atomic E-state index is 8.81. The van der Waals surface area contributed by atoms with Crippen LogP contribution < -0.4 is 4.74 Å². The lowest BCUT2D eigenvalue weighted by Crippen LogP contribution is -1.90. The minimum atomic E-state index is 0.0215. The third-order valence-corrected chi connectivity index (χ3v) is 3.31. The highest BCUT2D eigenvalue weighted by Gasteiger charge is 2.43. The van der Waals surface area contributed by atoms with Crippen molar-refractivity contribution in [2.75, 3.05) is 7.11 Å². The van der Waals surface area contributed by atoms with E-state index in [1.807, 2.05) is 25.1 Å². The number of hydrogen-bond donors (Lipinski definition) is 0. The number of rotatable bonds is 3. The molecular weight excluding hydrogens is 242 g/mol. The van der Waals surface area contributed by atoms with E-state index in [2.05, 4.69) is 16.2 Å². The van der Waals surface area contributed by atoms with Crippen LogP contribution in [0.4, 0.5) is 0 Å². The number of aryl methyl sites for hydroxylation is 1. The summed E-state index contributed by atoms with van der Waals surface area (Å²) in [7, 11) is 1.62. The van der Waals surface area contributed by atoms with Crippen LogP contribution in [-0.4, -0.2) is 17.3 Å². The zero-order valence-corrected chi connectivity index (χ0v) is 10.8. The van der Waals surface area contributed by atoms with Crippen molar-refractivity contribution in [1.82, 2.24) is 10.1 Å². The standard InChI is InChI=1S/C14H13N3O2/c1-8-3-4-10(12(5-8)18-2)13-16-14(19-17-13)11-6-9(11)7-15/h3-5,9,11H,6H2,1-2H3. The Morgan fingerprint density at radius 2 is 2.32 bits per heavy atom. The molecule has 0 spiro atoms. The Morgan fingerprint density at radius 3 is 3.00 bits per heavy atom. The second kappa shape index (κ2) is 4.39. The first-order chi connectivity index (χ1) is 9.22. The van der Waals surface area contributed by atoms with Crippen LogP contribution in [0.25, 0.3) is 11.4 Å². The van der Waals surface area contributed by atoms with Crippen molar-refractivity contribution < 1.29 is 9.26 Å². The SMILES string of the molecule is COc1cc(C)ccc1-c1noc(C2CC2C#N)n1. The molecule has 1 saturated carbocycles. The molecule has 2 atom stereocenters. The van der Waals surface area contributed by atoms with Crippen molar-refractivity contribution in [3.63, 3.8) is 0 Å². The molecule has 1 heterocycles. The van der Waals surface area contributed by atoms with Crippen molar-refractivity contribution in [3.8, 4) is 23.2 Å². The van der Waals surface area contributed by atoms with E-state index in [0.717, 1.165) is 23.3 Å². The van der Waals surface area contributed by atoms with E-state index in [-0.39, 0.29) is 11.8 Å². The number of hydrogen-bond acceptors (Lipinski definition) is 5. The van der Waals surface area contributed by atoms with E-state index in [1.165, 1.54) is 0 Å². The largest absolute Gasteiger partial charge is 0.496 e. The van der Waals surface area contributed by atoms with Gasteiger partial charge in [0.05, 0.1) is 30.6 Å². The van der Waals surface area contributed by atoms with Crippen LogP contribution in [0.15, 0.2) is 22.7 Å². The summed E-state index contributed by atoms with van der Waals surface area (Å²) in [6, 6.07) is 8.03. The molecule has 1 aromatic carbocycles. The lowest BCUT2D eigenvalue weighted by molar-refractivity contribution is 0.377. The Kier molecular flexibility index (Phi) is 2.71. The number of aromatic nitrogens is 2. The third kappa shape index (κ3) is 2.06. The molecule has 1 aliphatic carbocycles. The van der Waals surface area contributed by atoms with Gasteiger partial charge in [-0.1, -0.05) is 11.2 Å². The third-order valence-electron chi connectivity index (χ3n) is 3.31. The highest BCUT2D eigenvalue weighted by atomic mass is 16.5. The highest BCUT2D eigenvalue weighted by molar-refractivity contribution is 5.64. The lowest BCUT2D eigenvalue weighted by atomic mass is 10.1. The minimum Gasteiger partial charge on any atom is -0.496 e. The second-order valence-corrected chi connectivity index (χ2v) is 4.74. The maximum absolute atomic E-state index is 8.81. The van der Waals surface area contributed by atoms with Crippen LogP contribution in [0, 0.1) is 24.2 Å². The average molecular weight is 255 g/mol. The second-order valence-electron chi connectivity index (χ2n) is 4.74. The van der Waals surface area contributed by atoms with Crippen molar-refractivity contribution >= 4 is 0 Å². The predicted octanol–water partition coefficient (Wildman–Crippen LogP) is 2.68. The van der Waals surface area contributed by atoms with Crippen LogP contribution >= 0.6 is 0 Å². The molecule has 19 heavy (non-hydrogen) atoms. The van der Waals surface area contributed by atoms with Gasteiger partial charge < -0.3 is 9.26 Å². The monoisotopic (exact) mass is 255 g/mol. The van der Waals surface area contributed by atoms with Crippen LogP contribution in [-0.2, 0) is 0 Å². The van der Waals surface area contributed by atoms with Gasteiger partial charge in [0.1, 0.15) is 5.75 Å². The minimum absolute atomic E-state index is 0.0215. The first kappa shape index (κ1) is 11.7. The van der Waals surface area contributed by atoms with Gasteiger partial charge in [-0.3, -0.25) is 0 Å². The smallest absolute Gasteiger partial charge is 0.231 e. The summed E-state index contributed by atoms with van der Waals surface area (Å²) in [5.74, 6) is 1.90. The summed E-state index contributed by atoms with van der Waals surface area (Å²) in [4.78, 5) is 4.37. The summed E-state index contributed by atoms with van der Waals surface area (Å²) < 4.78 is 10.6. The van der Waals surface area contributed by atoms with Crippen LogP contribution in [0.3, 0.4) is 0 Å². The molecule has 1 aliphatic rings. The van der Waals surface area contributed by atoms with Crippen molar-refractivity contribution in [1.29, 1.82) is 5.26 Å². The number of benzene rings is 1. The van der Waals surface area contributed by atoms with E-state index < -0.39 is 0 Å². The van der Waals surface area contributed by atoms with Gasteiger partial charge in [-0.05, 0) is 31.0 Å². The molecule has 96 valence electrons. The zero-order chi connectivity index (χ0) is 13.4. The quantitative estimate of drug-likeness (QED) is 0.843. The molecule has 3 rings (SSSR count). The zero-order valence-electron chi connectivity index (χ0n) is 10.8. The van der Waals surface area contributed by atoms with E-state index in [0.29, 0.717) is 11.7 Å². The fourth-order valence-corrected chi connectivity index (χ4v) is 2.09. The molecule has 1 fully saturated rings.